The van der Waals surface area contributed by atoms with Crippen molar-refractivity contribution in [3.63, 3.8) is 0 Å². The lowest BCUT2D eigenvalue weighted by Crippen LogP contribution is -2.30. The first-order valence-electron chi connectivity index (χ1n) is 9.64. The number of hydrogen-bond donors (Lipinski definition) is 1. The molecule has 0 bridgehead atoms. The number of rotatable bonds is 5. The van der Waals surface area contributed by atoms with Crippen LogP contribution in [0, 0.1) is 5.82 Å². The summed E-state index contributed by atoms with van der Waals surface area (Å²) >= 11 is 0. The van der Waals surface area contributed by atoms with Crippen molar-refractivity contribution >= 4 is 15.7 Å². The van der Waals surface area contributed by atoms with Crippen LogP contribution in [0.1, 0.15) is 43.6 Å². The van der Waals surface area contributed by atoms with E-state index in [2.05, 4.69) is 9.62 Å². The summed E-state index contributed by atoms with van der Waals surface area (Å²) in [4.78, 5) is 2.68. The van der Waals surface area contributed by atoms with E-state index < -0.39 is 15.8 Å². The van der Waals surface area contributed by atoms with Crippen LogP contribution < -0.4 is 4.72 Å². The highest BCUT2D eigenvalue weighted by Gasteiger charge is 2.31. The first-order chi connectivity index (χ1) is 13.0. The molecule has 1 saturated heterocycles. The van der Waals surface area contributed by atoms with Crippen LogP contribution in [0.4, 0.5) is 10.1 Å². The first-order valence-corrected chi connectivity index (χ1v) is 11.1. The molecular weight excluding hydrogens is 363 g/mol. The third-order valence-corrected chi connectivity index (χ3v) is 7.22. The van der Waals surface area contributed by atoms with E-state index >= 15 is 0 Å². The Bertz CT molecular complexity index is 875. The standard InChI is InChI=1S/C21H25FN2O2S/c22-18-6-11-21(12-7-18)27(25,26)23-19-8-3-16(4-9-19)17-5-10-20(15-17)24-13-1-2-14-24/h3-4,6-9,11-12,17,20,23H,1-2,5,10,13-15H2. The maximum atomic E-state index is 13.0. The van der Waals surface area contributed by atoms with Crippen molar-refractivity contribution in [3.05, 3.63) is 59.9 Å². The normalized spacial score (nSPS) is 23.6. The third kappa shape index (κ3) is 4.17. The molecule has 2 atom stereocenters. The average Bonchev–Trinajstić information content (AvgIpc) is 3.34. The summed E-state index contributed by atoms with van der Waals surface area (Å²) in [6.45, 7) is 2.48. The lowest BCUT2D eigenvalue weighted by molar-refractivity contribution is 0.245. The summed E-state index contributed by atoms with van der Waals surface area (Å²) in [5.74, 6) is 0.0976. The molecule has 2 aliphatic rings. The van der Waals surface area contributed by atoms with Crippen molar-refractivity contribution in [3.8, 4) is 0 Å². The molecule has 1 heterocycles. The van der Waals surface area contributed by atoms with Crippen LogP contribution >= 0.6 is 0 Å². The highest BCUT2D eigenvalue weighted by Crippen LogP contribution is 2.38. The van der Waals surface area contributed by atoms with Gasteiger partial charge in [-0.25, -0.2) is 12.8 Å². The maximum absolute atomic E-state index is 13.0. The van der Waals surface area contributed by atoms with Crippen LogP contribution in [-0.4, -0.2) is 32.4 Å². The molecule has 27 heavy (non-hydrogen) atoms. The molecule has 2 unspecified atom stereocenters. The fourth-order valence-corrected chi connectivity index (χ4v) is 5.41. The average molecular weight is 389 g/mol. The van der Waals surface area contributed by atoms with Crippen molar-refractivity contribution in [2.24, 2.45) is 0 Å². The molecular formula is C21H25FN2O2S. The minimum absolute atomic E-state index is 0.0530. The van der Waals surface area contributed by atoms with Crippen molar-refractivity contribution in [1.82, 2.24) is 4.90 Å². The summed E-state index contributed by atoms with van der Waals surface area (Å²) in [7, 11) is -3.71. The molecule has 0 aromatic heterocycles. The molecule has 1 N–H and O–H groups in total. The van der Waals surface area contributed by atoms with Gasteiger partial charge in [0.1, 0.15) is 5.82 Å². The monoisotopic (exact) mass is 388 g/mol. The van der Waals surface area contributed by atoms with E-state index in [-0.39, 0.29) is 4.90 Å². The second-order valence-corrected chi connectivity index (χ2v) is 9.27. The summed E-state index contributed by atoms with van der Waals surface area (Å²) in [6, 6.07) is 13.2. The highest BCUT2D eigenvalue weighted by molar-refractivity contribution is 7.92. The van der Waals surface area contributed by atoms with Crippen molar-refractivity contribution in [2.75, 3.05) is 17.8 Å². The van der Waals surface area contributed by atoms with Gasteiger partial charge in [-0.2, -0.15) is 0 Å². The molecule has 1 aliphatic carbocycles. The summed E-state index contributed by atoms with van der Waals surface area (Å²) < 4.78 is 40.4. The Balaban J connectivity index is 1.41. The van der Waals surface area contributed by atoms with Gasteiger partial charge < -0.3 is 4.90 Å². The van der Waals surface area contributed by atoms with E-state index in [0.29, 0.717) is 17.6 Å². The van der Waals surface area contributed by atoms with E-state index in [9.17, 15) is 12.8 Å². The van der Waals surface area contributed by atoms with E-state index in [1.807, 2.05) is 24.3 Å². The van der Waals surface area contributed by atoms with Gasteiger partial charge in [-0.3, -0.25) is 4.72 Å². The molecule has 2 aromatic carbocycles. The van der Waals surface area contributed by atoms with E-state index in [1.54, 1.807) is 0 Å². The zero-order valence-corrected chi connectivity index (χ0v) is 16.1. The van der Waals surface area contributed by atoms with Crippen LogP contribution in [-0.2, 0) is 10.0 Å². The molecule has 0 spiro atoms. The van der Waals surface area contributed by atoms with Gasteiger partial charge in [0.15, 0.2) is 0 Å². The molecule has 2 aromatic rings. The largest absolute Gasteiger partial charge is 0.300 e. The minimum Gasteiger partial charge on any atom is -0.300 e. The zero-order chi connectivity index (χ0) is 18.9. The Hall–Kier alpha value is -1.92. The molecule has 0 radical (unpaired) electrons. The van der Waals surface area contributed by atoms with Crippen LogP contribution in [0.25, 0.3) is 0 Å². The Kier molecular flexibility index (Phi) is 5.19. The highest BCUT2D eigenvalue weighted by atomic mass is 32.2. The molecule has 1 saturated carbocycles. The first kappa shape index (κ1) is 18.4. The van der Waals surface area contributed by atoms with Gasteiger partial charge >= 0.3 is 0 Å². The number of hydrogen-bond acceptors (Lipinski definition) is 3. The van der Waals surface area contributed by atoms with Gasteiger partial charge in [-0.15, -0.1) is 0 Å². The molecule has 2 fully saturated rings. The minimum atomic E-state index is -3.71. The fourth-order valence-electron chi connectivity index (χ4n) is 4.35. The number of likely N-dealkylation sites (tertiary alicyclic amines) is 1. The Morgan fingerprint density at radius 2 is 1.59 bits per heavy atom. The van der Waals surface area contributed by atoms with Gasteiger partial charge in [0.25, 0.3) is 10.0 Å². The van der Waals surface area contributed by atoms with Gasteiger partial charge in [0.2, 0.25) is 0 Å². The number of anilines is 1. The smallest absolute Gasteiger partial charge is 0.261 e. The van der Waals surface area contributed by atoms with Crippen LogP contribution in [0.5, 0.6) is 0 Å². The SMILES string of the molecule is O=S(=O)(Nc1ccc(C2CCC(N3CCCC3)C2)cc1)c1ccc(F)cc1. The summed E-state index contributed by atoms with van der Waals surface area (Å²) in [5, 5.41) is 0. The Labute approximate surface area is 160 Å². The lowest BCUT2D eigenvalue weighted by Gasteiger charge is -2.23. The van der Waals surface area contributed by atoms with E-state index in [1.165, 1.54) is 62.9 Å². The van der Waals surface area contributed by atoms with Crippen LogP contribution in [0.3, 0.4) is 0 Å². The molecule has 144 valence electrons. The zero-order valence-electron chi connectivity index (χ0n) is 15.3. The molecule has 0 amide bonds. The number of benzene rings is 2. The second kappa shape index (κ2) is 7.60. The number of halogens is 1. The maximum Gasteiger partial charge on any atom is 0.261 e. The van der Waals surface area contributed by atoms with E-state index in [4.69, 9.17) is 0 Å². The van der Waals surface area contributed by atoms with Crippen molar-refractivity contribution in [1.29, 1.82) is 0 Å². The van der Waals surface area contributed by atoms with E-state index in [0.717, 1.165) is 12.1 Å². The molecule has 4 rings (SSSR count). The van der Waals surface area contributed by atoms with Crippen molar-refractivity contribution in [2.45, 2.75) is 49.0 Å². The van der Waals surface area contributed by atoms with Crippen molar-refractivity contribution < 1.29 is 12.8 Å². The van der Waals surface area contributed by atoms with Gasteiger partial charge in [-0.05, 0) is 93.1 Å². The molecule has 1 aliphatic heterocycles. The summed E-state index contributed by atoms with van der Waals surface area (Å²) in [5.41, 5.74) is 1.80. The van der Waals surface area contributed by atoms with Gasteiger partial charge in [0.05, 0.1) is 4.90 Å². The van der Waals surface area contributed by atoms with Crippen LogP contribution in [0.15, 0.2) is 53.4 Å². The summed E-state index contributed by atoms with van der Waals surface area (Å²) in [6.07, 6.45) is 6.29. The second-order valence-electron chi connectivity index (χ2n) is 7.59. The number of nitrogens with zero attached hydrogens (tertiary/aromatic N) is 1. The topological polar surface area (TPSA) is 49.4 Å². The van der Waals surface area contributed by atoms with Gasteiger partial charge in [0, 0.05) is 11.7 Å². The predicted molar refractivity (Wildman–Crippen MR) is 105 cm³/mol. The Morgan fingerprint density at radius 3 is 2.26 bits per heavy atom. The predicted octanol–water partition coefficient (Wildman–Crippen LogP) is 4.36. The lowest BCUT2D eigenvalue weighted by atomic mass is 9.97. The number of nitrogens with one attached hydrogen (secondary N) is 1. The molecule has 4 nitrogen and oxygen atoms in total. The quantitative estimate of drug-likeness (QED) is 0.828. The molecule has 6 heteroatoms. The van der Waals surface area contributed by atoms with Crippen LogP contribution in [0.2, 0.25) is 0 Å². The Morgan fingerprint density at radius 1 is 0.926 bits per heavy atom. The fraction of sp³-hybridized carbons (Fsp3) is 0.429. The number of sulfonamides is 1. The van der Waals surface area contributed by atoms with Gasteiger partial charge in [-0.1, -0.05) is 12.1 Å². The third-order valence-electron chi connectivity index (χ3n) is 5.82.